The van der Waals surface area contributed by atoms with E-state index < -0.39 is 57.8 Å². The van der Waals surface area contributed by atoms with Crippen LogP contribution in [-0.4, -0.2) is 56.5 Å². The molecule has 0 amide bonds. The monoisotopic (exact) mass is 521 g/mol. The third-order valence-electron chi connectivity index (χ3n) is 9.96. The molecule has 1 aromatic rings. The summed E-state index contributed by atoms with van der Waals surface area (Å²) in [5, 5.41) is 34.1. The summed E-state index contributed by atoms with van der Waals surface area (Å²) >= 11 is 0. The van der Waals surface area contributed by atoms with Gasteiger partial charge in [0.15, 0.2) is 5.78 Å². The largest absolute Gasteiger partial charge is 0.457 e. The first kappa shape index (κ1) is 27.0. The van der Waals surface area contributed by atoms with Crippen LogP contribution in [0.15, 0.2) is 59.7 Å². The second-order valence-electron chi connectivity index (χ2n) is 12.4. The highest BCUT2D eigenvalue weighted by Gasteiger charge is 2.83. The average molecular weight is 522 g/mol. The molecule has 0 spiro atoms. The molecular weight excluding hydrogens is 482 g/mol. The summed E-state index contributed by atoms with van der Waals surface area (Å²) in [6, 6.07) is 8.93. The molecule has 0 saturated heterocycles. The topological polar surface area (TPSA) is 130 Å². The van der Waals surface area contributed by atoms with E-state index in [4.69, 9.17) is 10.5 Å². The average Bonchev–Trinajstić information content (AvgIpc) is 3.28. The van der Waals surface area contributed by atoms with Gasteiger partial charge in [0.05, 0.1) is 12.2 Å². The second-order valence-corrected chi connectivity index (χ2v) is 12.4. The molecule has 0 aliphatic heterocycles. The fourth-order valence-corrected chi connectivity index (χ4v) is 7.86. The molecular formula is C31H39NO6. The van der Waals surface area contributed by atoms with E-state index in [-0.39, 0.29) is 18.9 Å². The summed E-state index contributed by atoms with van der Waals surface area (Å²) in [6.45, 7) is 7.26. The number of hydrogen-bond donors (Lipinski definition) is 4. The summed E-state index contributed by atoms with van der Waals surface area (Å²) in [5.41, 5.74) is 3.61. The summed E-state index contributed by atoms with van der Waals surface area (Å²) in [6.07, 6.45) is 7.98. The smallest absolute Gasteiger partial charge is 0.323 e. The fourth-order valence-electron chi connectivity index (χ4n) is 7.86. The quantitative estimate of drug-likeness (QED) is 0.334. The number of carbonyl (C=O) groups is 2. The Kier molecular flexibility index (Phi) is 6.38. The first-order valence-corrected chi connectivity index (χ1v) is 13.5. The minimum absolute atomic E-state index is 0.0368. The molecule has 0 unspecified atom stereocenters. The number of aliphatic hydroxyl groups excluding tert-OH is 1. The van der Waals surface area contributed by atoms with E-state index in [1.54, 1.807) is 13.0 Å². The van der Waals surface area contributed by atoms with Crippen molar-refractivity contribution in [2.45, 2.75) is 69.8 Å². The van der Waals surface area contributed by atoms with Gasteiger partial charge in [-0.05, 0) is 42.4 Å². The minimum Gasteiger partial charge on any atom is -0.457 e. The van der Waals surface area contributed by atoms with Crippen molar-refractivity contribution in [1.82, 2.24) is 0 Å². The van der Waals surface area contributed by atoms with Gasteiger partial charge in [0.2, 0.25) is 0 Å². The van der Waals surface area contributed by atoms with Crippen LogP contribution in [0.2, 0.25) is 0 Å². The van der Waals surface area contributed by atoms with Crippen molar-refractivity contribution < 1.29 is 29.6 Å². The fraction of sp³-hybridized carbons (Fsp3) is 0.548. The summed E-state index contributed by atoms with van der Waals surface area (Å²) in [4.78, 5) is 26.3. The molecule has 4 aliphatic carbocycles. The first-order chi connectivity index (χ1) is 17.8. The number of aliphatic hydroxyl groups is 3. The molecule has 8 atom stereocenters. The van der Waals surface area contributed by atoms with Gasteiger partial charge in [0.1, 0.15) is 17.2 Å². The summed E-state index contributed by atoms with van der Waals surface area (Å²) < 4.78 is 6.24. The minimum atomic E-state index is -1.81. The van der Waals surface area contributed by atoms with E-state index in [1.165, 1.54) is 0 Å². The molecule has 0 radical (unpaired) electrons. The number of Topliss-reactive ketones (excluding diaryl/α,β-unsaturated/α-hetero) is 1. The van der Waals surface area contributed by atoms with Crippen molar-refractivity contribution in [1.29, 1.82) is 0 Å². The lowest BCUT2D eigenvalue weighted by Gasteiger charge is -2.50. The first-order valence-electron chi connectivity index (χ1n) is 13.5. The molecule has 5 rings (SSSR count). The molecule has 2 saturated carbocycles. The highest BCUT2D eigenvalue weighted by atomic mass is 16.6. The van der Waals surface area contributed by atoms with Crippen molar-refractivity contribution in [2.24, 2.45) is 34.8 Å². The van der Waals surface area contributed by atoms with Gasteiger partial charge in [-0.3, -0.25) is 9.59 Å². The lowest BCUT2D eigenvalue weighted by Crippen LogP contribution is -2.61. The molecule has 0 heterocycles. The number of nitrogens with two attached hydrogens (primary N) is 1. The van der Waals surface area contributed by atoms with Crippen LogP contribution >= 0.6 is 0 Å². The molecule has 38 heavy (non-hydrogen) atoms. The lowest BCUT2D eigenvalue weighted by molar-refractivity contribution is -0.187. The van der Waals surface area contributed by atoms with Gasteiger partial charge in [0.25, 0.3) is 0 Å². The lowest BCUT2D eigenvalue weighted by atomic mass is 9.60. The SMILES string of the molecule is CC1=C[C@H]2[C@@]3(O)[C@H](C)C[C@]4(OC(=O)[C@@H](N)C/C=C/c5ccccc5)[C@H]([C@@H]3C=C(CO)C[C@]2(O)C1=O)C4(C)C. The number of fused-ring (bicyclic) bond motifs is 5. The number of ketones is 1. The number of ether oxygens (including phenoxy) is 1. The van der Waals surface area contributed by atoms with Crippen LogP contribution in [0.1, 0.15) is 52.5 Å². The predicted molar refractivity (Wildman–Crippen MR) is 143 cm³/mol. The van der Waals surface area contributed by atoms with E-state index in [1.807, 2.05) is 69.3 Å². The number of carbonyl (C=O) groups excluding carboxylic acids is 2. The Morgan fingerprint density at radius 2 is 1.89 bits per heavy atom. The molecule has 5 N–H and O–H groups in total. The maximum atomic E-state index is 13.2. The molecule has 204 valence electrons. The van der Waals surface area contributed by atoms with Crippen molar-refractivity contribution in [3.63, 3.8) is 0 Å². The van der Waals surface area contributed by atoms with Crippen LogP contribution in [0, 0.1) is 29.1 Å². The van der Waals surface area contributed by atoms with E-state index in [0.717, 1.165) is 5.56 Å². The Morgan fingerprint density at radius 3 is 2.55 bits per heavy atom. The zero-order chi connectivity index (χ0) is 27.7. The number of hydrogen-bond acceptors (Lipinski definition) is 7. The van der Waals surface area contributed by atoms with E-state index in [9.17, 15) is 24.9 Å². The highest BCUT2D eigenvalue weighted by Crippen LogP contribution is 2.76. The van der Waals surface area contributed by atoms with Crippen LogP contribution < -0.4 is 5.73 Å². The number of benzene rings is 1. The summed E-state index contributed by atoms with van der Waals surface area (Å²) in [5.74, 6) is -2.92. The van der Waals surface area contributed by atoms with Gasteiger partial charge in [-0.2, -0.15) is 0 Å². The van der Waals surface area contributed by atoms with E-state index in [0.29, 0.717) is 24.0 Å². The maximum Gasteiger partial charge on any atom is 0.323 e. The standard InChI is InChI=1S/C31H39NO6/c1-18-13-24-29(36,26(18)34)16-21(17-33)14-22-25-28(3,4)30(25,15-19(2)31(22,24)37)38-27(35)23(32)12-8-11-20-9-6-5-7-10-20/h5-11,13-14,19,22-25,33,36-37H,12,15-17,32H2,1-4H3/b11-8+/t19-,22+,23+,24-,25-,29-,30+,31-/m1/s1. The van der Waals surface area contributed by atoms with Gasteiger partial charge in [-0.15, -0.1) is 0 Å². The zero-order valence-corrected chi connectivity index (χ0v) is 22.6. The van der Waals surface area contributed by atoms with Crippen molar-refractivity contribution >= 4 is 17.8 Å². The van der Waals surface area contributed by atoms with Gasteiger partial charge >= 0.3 is 5.97 Å². The van der Waals surface area contributed by atoms with Gasteiger partial charge in [0, 0.05) is 29.6 Å². The third-order valence-corrected chi connectivity index (χ3v) is 9.96. The Morgan fingerprint density at radius 1 is 1.21 bits per heavy atom. The van der Waals surface area contributed by atoms with Crippen LogP contribution in [0.4, 0.5) is 0 Å². The van der Waals surface area contributed by atoms with Gasteiger partial charge in [-0.25, -0.2) is 0 Å². The molecule has 0 aromatic heterocycles. The van der Waals surface area contributed by atoms with Gasteiger partial charge in [-0.1, -0.05) is 75.4 Å². The number of esters is 1. The summed E-state index contributed by atoms with van der Waals surface area (Å²) in [7, 11) is 0. The Hall–Kier alpha value is -2.58. The van der Waals surface area contributed by atoms with Crippen LogP contribution in [-0.2, 0) is 14.3 Å². The second kappa shape index (κ2) is 8.98. The van der Waals surface area contributed by atoms with Gasteiger partial charge < -0.3 is 25.8 Å². The molecule has 4 aliphatic rings. The molecule has 2 fully saturated rings. The van der Waals surface area contributed by atoms with E-state index >= 15 is 0 Å². The zero-order valence-electron chi connectivity index (χ0n) is 22.6. The molecule has 7 nitrogen and oxygen atoms in total. The van der Waals surface area contributed by atoms with Crippen molar-refractivity contribution in [3.8, 4) is 0 Å². The van der Waals surface area contributed by atoms with Crippen LogP contribution in [0.3, 0.4) is 0 Å². The predicted octanol–water partition coefficient (Wildman–Crippen LogP) is 2.94. The van der Waals surface area contributed by atoms with Crippen molar-refractivity contribution in [3.05, 3.63) is 65.3 Å². The molecule has 7 heteroatoms. The molecule has 1 aromatic carbocycles. The normalized spacial score (nSPS) is 39.8. The maximum absolute atomic E-state index is 13.2. The van der Waals surface area contributed by atoms with Crippen molar-refractivity contribution in [2.75, 3.05) is 6.61 Å². The van der Waals surface area contributed by atoms with Crippen LogP contribution in [0.25, 0.3) is 6.08 Å². The van der Waals surface area contributed by atoms with Crippen LogP contribution in [0.5, 0.6) is 0 Å². The Bertz CT molecular complexity index is 1230. The third kappa shape index (κ3) is 3.70. The molecule has 0 bridgehead atoms. The Balaban J connectivity index is 1.43. The van der Waals surface area contributed by atoms with E-state index in [2.05, 4.69) is 0 Å². The number of rotatable bonds is 6. The highest BCUT2D eigenvalue weighted by molar-refractivity contribution is 6.04. The Labute approximate surface area is 224 Å².